The van der Waals surface area contributed by atoms with Gasteiger partial charge in [-0.05, 0) is 12.8 Å². The largest absolute Gasteiger partial charge is 0.396 e. The lowest BCUT2D eigenvalue weighted by Gasteiger charge is -2.03. The van der Waals surface area contributed by atoms with Crippen molar-refractivity contribution in [1.29, 1.82) is 0 Å². The Balaban J connectivity index is 2.50. The van der Waals surface area contributed by atoms with E-state index in [1.54, 1.807) is 0 Å². The molecule has 4 N–H and O–H groups in total. The van der Waals surface area contributed by atoms with E-state index in [2.05, 4.69) is 31.0 Å². The molecule has 0 spiro atoms. The molecule has 0 saturated heterocycles. The molecule has 0 radical (unpaired) electrons. The van der Waals surface area contributed by atoms with Crippen LogP contribution in [0.5, 0.6) is 0 Å². The standard InChI is InChI=1S/C10H16N6O4/c17-5-1-3-11-9(19)7-13-15-8(16-14-7)10(20)12-4-2-6-18/h17-18H,1-6H2,(H,11,19)(H,12,20). The third-order valence-electron chi connectivity index (χ3n) is 2.13. The van der Waals surface area contributed by atoms with Crippen LogP contribution in [0.4, 0.5) is 0 Å². The Labute approximate surface area is 114 Å². The summed E-state index contributed by atoms with van der Waals surface area (Å²) in [7, 11) is 0. The van der Waals surface area contributed by atoms with Crippen LogP contribution in [0.1, 0.15) is 34.1 Å². The SMILES string of the molecule is O=C(NCCCO)c1nnc(C(=O)NCCCO)nn1. The minimum atomic E-state index is -0.578. The van der Waals surface area contributed by atoms with Gasteiger partial charge in [0.25, 0.3) is 23.5 Å². The van der Waals surface area contributed by atoms with Gasteiger partial charge in [0.1, 0.15) is 0 Å². The molecule has 1 heterocycles. The summed E-state index contributed by atoms with van der Waals surface area (Å²) in [6.45, 7) is 0.485. The maximum atomic E-state index is 11.5. The molecule has 0 aromatic carbocycles. The van der Waals surface area contributed by atoms with Crippen molar-refractivity contribution < 1.29 is 19.8 Å². The highest BCUT2D eigenvalue weighted by molar-refractivity contribution is 5.91. The number of aliphatic hydroxyl groups is 2. The third kappa shape index (κ3) is 5.20. The Hall–Kier alpha value is -2.20. The summed E-state index contributed by atoms with van der Waals surface area (Å²) in [6.07, 6.45) is 0.829. The number of rotatable bonds is 8. The van der Waals surface area contributed by atoms with Gasteiger partial charge in [-0.1, -0.05) is 0 Å². The molecule has 0 aliphatic rings. The summed E-state index contributed by atoms with van der Waals surface area (Å²) < 4.78 is 0. The molecule has 1 aromatic heterocycles. The van der Waals surface area contributed by atoms with Crippen LogP contribution in [0.3, 0.4) is 0 Å². The molecule has 10 nitrogen and oxygen atoms in total. The van der Waals surface area contributed by atoms with Crippen molar-refractivity contribution in [3.8, 4) is 0 Å². The quantitative estimate of drug-likeness (QED) is 0.382. The van der Waals surface area contributed by atoms with E-state index in [0.717, 1.165) is 0 Å². The van der Waals surface area contributed by atoms with Crippen molar-refractivity contribution in [2.75, 3.05) is 26.3 Å². The first kappa shape index (κ1) is 15.9. The molecule has 10 heteroatoms. The molecule has 0 unspecified atom stereocenters. The maximum absolute atomic E-state index is 11.5. The summed E-state index contributed by atoms with van der Waals surface area (Å²) in [6, 6.07) is 0. The van der Waals surface area contributed by atoms with E-state index in [1.165, 1.54) is 0 Å². The first-order chi connectivity index (χ1) is 9.69. The summed E-state index contributed by atoms with van der Waals surface area (Å²) in [4.78, 5) is 23.0. The van der Waals surface area contributed by atoms with Crippen molar-refractivity contribution in [3.63, 3.8) is 0 Å². The Bertz CT molecular complexity index is 397. The number of hydrogen-bond donors (Lipinski definition) is 4. The number of aliphatic hydroxyl groups excluding tert-OH is 2. The van der Waals surface area contributed by atoms with Gasteiger partial charge in [0.15, 0.2) is 0 Å². The van der Waals surface area contributed by atoms with Gasteiger partial charge in [-0.2, -0.15) is 0 Å². The average Bonchev–Trinajstić information content (AvgIpc) is 2.47. The Morgan fingerprint density at radius 2 is 1.15 bits per heavy atom. The van der Waals surface area contributed by atoms with Crippen LogP contribution in [0.25, 0.3) is 0 Å². The van der Waals surface area contributed by atoms with Crippen molar-refractivity contribution in [1.82, 2.24) is 31.0 Å². The Kier molecular flexibility index (Phi) is 7.00. The summed E-state index contributed by atoms with van der Waals surface area (Å²) >= 11 is 0. The van der Waals surface area contributed by atoms with E-state index in [0.29, 0.717) is 12.8 Å². The van der Waals surface area contributed by atoms with Crippen molar-refractivity contribution in [2.45, 2.75) is 12.8 Å². The van der Waals surface area contributed by atoms with E-state index in [4.69, 9.17) is 10.2 Å². The topological polar surface area (TPSA) is 150 Å². The molecule has 0 bridgehead atoms. The predicted octanol–water partition coefficient (Wildman–Crippen LogP) is -2.51. The summed E-state index contributed by atoms with van der Waals surface area (Å²) in [5.41, 5.74) is 0. The van der Waals surface area contributed by atoms with Crippen LogP contribution >= 0.6 is 0 Å². The normalized spacial score (nSPS) is 10.1. The highest BCUT2D eigenvalue weighted by Crippen LogP contribution is 1.89. The molecule has 0 fully saturated rings. The highest BCUT2D eigenvalue weighted by Gasteiger charge is 2.14. The fourth-order valence-corrected chi connectivity index (χ4v) is 1.13. The van der Waals surface area contributed by atoms with Gasteiger partial charge in [-0.25, -0.2) is 0 Å². The predicted molar refractivity (Wildman–Crippen MR) is 65.7 cm³/mol. The van der Waals surface area contributed by atoms with Crippen molar-refractivity contribution >= 4 is 11.8 Å². The first-order valence-corrected chi connectivity index (χ1v) is 6.04. The smallest absolute Gasteiger partial charge is 0.292 e. The van der Waals surface area contributed by atoms with Crippen LogP contribution in [-0.4, -0.2) is 68.7 Å². The third-order valence-corrected chi connectivity index (χ3v) is 2.13. The zero-order valence-electron chi connectivity index (χ0n) is 10.7. The monoisotopic (exact) mass is 284 g/mol. The van der Waals surface area contributed by atoms with Gasteiger partial charge >= 0.3 is 0 Å². The molecule has 110 valence electrons. The molecule has 0 aliphatic carbocycles. The highest BCUT2D eigenvalue weighted by atomic mass is 16.3. The van der Waals surface area contributed by atoms with Crippen LogP contribution in [0.15, 0.2) is 0 Å². The van der Waals surface area contributed by atoms with E-state index >= 15 is 0 Å². The van der Waals surface area contributed by atoms with Gasteiger partial charge < -0.3 is 20.8 Å². The van der Waals surface area contributed by atoms with Gasteiger partial charge in [-0.3, -0.25) is 9.59 Å². The lowest BCUT2D eigenvalue weighted by molar-refractivity contribution is 0.0917. The number of nitrogens with one attached hydrogen (secondary N) is 2. The van der Waals surface area contributed by atoms with E-state index in [9.17, 15) is 9.59 Å². The van der Waals surface area contributed by atoms with Crippen LogP contribution in [-0.2, 0) is 0 Å². The zero-order valence-corrected chi connectivity index (χ0v) is 10.7. The fraction of sp³-hybridized carbons (Fsp3) is 0.600. The number of nitrogens with zero attached hydrogens (tertiary/aromatic N) is 4. The molecular formula is C10H16N6O4. The van der Waals surface area contributed by atoms with Gasteiger partial charge in [0, 0.05) is 26.3 Å². The molecular weight excluding hydrogens is 268 g/mol. The fourth-order valence-electron chi connectivity index (χ4n) is 1.13. The van der Waals surface area contributed by atoms with Crippen LogP contribution in [0.2, 0.25) is 0 Å². The molecule has 1 rings (SSSR count). The minimum absolute atomic E-state index is 0.0371. The van der Waals surface area contributed by atoms with Gasteiger partial charge in [0.05, 0.1) is 0 Å². The number of amides is 2. The Morgan fingerprint density at radius 1 is 0.800 bits per heavy atom. The number of hydrogen-bond acceptors (Lipinski definition) is 8. The van der Waals surface area contributed by atoms with E-state index in [1.807, 2.05) is 0 Å². The van der Waals surface area contributed by atoms with E-state index < -0.39 is 11.8 Å². The first-order valence-electron chi connectivity index (χ1n) is 6.04. The molecule has 20 heavy (non-hydrogen) atoms. The van der Waals surface area contributed by atoms with Crippen LogP contribution in [0, 0.1) is 0 Å². The number of carbonyl (C=O) groups excluding carboxylic acids is 2. The van der Waals surface area contributed by atoms with Gasteiger partial charge in [-0.15, -0.1) is 20.4 Å². The van der Waals surface area contributed by atoms with Crippen molar-refractivity contribution in [3.05, 3.63) is 11.6 Å². The molecule has 1 aromatic rings. The second-order valence-corrected chi connectivity index (χ2v) is 3.71. The lowest BCUT2D eigenvalue weighted by Crippen LogP contribution is -2.30. The average molecular weight is 284 g/mol. The van der Waals surface area contributed by atoms with Crippen molar-refractivity contribution in [2.24, 2.45) is 0 Å². The van der Waals surface area contributed by atoms with Crippen LogP contribution < -0.4 is 10.6 Å². The molecule has 0 saturated carbocycles. The molecule has 2 amide bonds. The van der Waals surface area contributed by atoms with Gasteiger partial charge in [0.2, 0.25) is 0 Å². The summed E-state index contributed by atoms with van der Waals surface area (Å²) in [5, 5.41) is 36.0. The number of aromatic nitrogens is 4. The molecule has 0 atom stereocenters. The second kappa shape index (κ2) is 8.82. The molecule has 0 aliphatic heterocycles. The lowest BCUT2D eigenvalue weighted by atomic mass is 10.4. The minimum Gasteiger partial charge on any atom is -0.396 e. The van der Waals surface area contributed by atoms with E-state index in [-0.39, 0.29) is 38.0 Å². The zero-order chi connectivity index (χ0) is 14.8. The second-order valence-electron chi connectivity index (χ2n) is 3.71. The number of carbonyl (C=O) groups is 2. The summed E-state index contributed by atoms with van der Waals surface area (Å²) in [5.74, 6) is -1.67. The maximum Gasteiger partial charge on any atom is 0.292 e. The Morgan fingerprint density at radius 3 is 1.45 bits per heavy atom.